The van der Waals surface area contributed by atoms with Gasteiger partial charge in [-0.15, -0.1) is 0 Å². The quantitative estimate of drug-likeness (QED) is 0.0971. The molecule has 2 aliphatic heterocycles. The van der Waals surface area contributed by atoms with Crippen LogP contribution in [-0.4, -0.2) is 55.2 Å². The number of fused-ring (bicyclic) bond motifs is 1. The molecule has 1 fully saturated rings. The minimum Gasteiger partial charge on any atom is -0.493 e. The van der Waals surface area contributed by atoms with Gasteiger partial charge < -0.3 is 14.2 Å². The van der Waals surface area contributed by atoms with Crippen molar-refractivity contribution >= 4 is 35.3 Å². The van der Waals surface area contributed by atoms with E-state index in [1.54, 1.807) is 17.1 Å². The highest BCUT2D eigenvalue weighted by molar-refractivity contribution is 8.25. The maximum Gasteiger partial charge on any atom is 0.279 e. The molecular formula is C35H56N2O5S2. The molecule has 2 unspecified atom stereocenters. The lowest BCUT2D eigenvalue weighted by molar-refractivity contribution is -0.147. The van der Waals surface area contributed by atoms with Crippen molar-refractivity contribution < 1.29 is 23.8 Å². The number of carbonyl (C=O) groups excluding carboxylic acids is 2. The van der Waals surface area contributed by atoms with Crippen LogP contribution in [0.5, 0.6) is 17.2 Å². The van der Waals surface area contributed by atoms with Crippen molar-refractivity contribution in [3.05, 3.63) is 15.9 Å². The van der Waals surface area contributed by atoms with E-state index in [-0.39, 0.29) is 17.4 Å². The number of hydrazine groups is 1. The Morgan fingerprint density at radius 2 is 1.18 bits per heavy atom. The minimum absolute atomic E-state index is 0.199. The third kappa shape index (κ3) is 9.05. The molecule has 0 saturated carbocycles. The van der Waals surface area contributed by atoms with Crippen LogP contribution in [0.2, 0.25) is 0 Å². The van der Waals surface area contributed by atoms with Gasteiger partial charge >= 0.3 is 0 Å². The number of nitrogens with zero attached hydrogens (tertiary/aromatic N) is 2. The Labute approximate surface area is 275 Å². The highest BCUT2D eigenvalue weighted by atomic mass is 32.2. The number of carbonyl (C=O) groups is 2. The Hall–Kier alpha value is -2.00. The Balaban J connectivity index is 2.03. The van der Waals surface area contributed by atoms with Gasteiger partial charge in [-0.05, 0) is 37.5 Å². The summed E-state index contributed by atoms with van der Waals surface area (Å²) in [5, 5.41) is 3.34. The van der Waals surface area contributed by atoms with Crippen molar-refractivity contribution in [2.75, 3.05) is 33.4 Å². The fourth-order valence-corrected chi connectivity index (χ4v) is 8.17. The summed E-state index contributed by atoms with van der Waals surface area (Å²) in [5.74, 6) is 2.55. The van der Waals surface area contributed by atoms with Gasteiger partial charge in [0.2, 0.25) is 0 Å². The van der Waals surface area contributed by atoms with Crippen molar-refractivity contribution in [1.29, 1.82) is 0 Å². The van der Waals surface area contributed by atoms with Crippen LogP contribution in [0.1, 0.15) is 119 Å². The van der Waals surface area contributed by atoms with Crippen molar-refractivity contribution in [1.82, 2.24) is 10.0 Å². The van der Waals surface area contributed by atoms with Gasteiger partial charge in [-0.2, -0.15) is 0 Å². The molecule has 0 radical (unpaired) electrons. The zero-order valence-electron chi connectivity index (χ0n) is 28.3. The first-order valence-corrected chi connectivity index (χ1v) is 18.8. The number of rotatable bonds is 21. The highest BCUT2D eigenvalue weighted by Crippen LogP contribution is 2.62. The van der Waals surface area contributed by atoms with E-state index in [4.69, 9.17) is 14.2 Å². The molecule has 0 N–H and O–H groups in total. The van der Waals surface area contributed by atoms with E-state index in [0.717, 1.165) is 73.3 Å². The zero-order chi connectivity index (χ0) is 32.1. The SMILES string of the molecule is CCCCC(CC)COc1cc(OC)c(OCC(CC)CCCC)c2c1SC(=C1C(=O)N(CCCC)N(CCCC)C1=O)S2. The van der Waals surface area contributed by atoms with Crippen molar-refractivity contribution in [3.63, 3.8) is 0 Å². The molecule has 1 saturated heterocycles. The molecule has 0 spiro atoms. The summed E-state index contributed by atoms with van der Waals surface area (Å²) in [6.45, 7) is 15.4. The molecule has 0 aliphatic carbocycles. The van der Waals surface area contributed by atoms with Gasteiger partial charge in [-0.3, -0.25) is 9.59 Å². The highest BCUT2D eigenvalue weighted by Gasteiger charge is 2.45. The molecule has 0 aromatic heterocycles. The lowest BCUT2D eigenvalue weighted by Crippen LogP contribution is -2.42. The molecule has 3 rings (SSSR count). The summed E-state index contributed by atoms with van der Waals surface area (Å²) in [7, 11) is 1.66. The number of methoxy groups -OCH3 is 1. The summed E-state index contributed by atoms with van der Waals surface area (Å²) in [6, 6.07) is 1.94. The van der Waals surface area contributed by atoms with Gasteiger partial charge in [-0.1, -0.05) is 116 Å². The number of unbranched alkanes of at least 4 members (excludes halogenated alkanes) is 4. The first-order chi connectivity index (χ1) is 21.4. The zero-order valence-corrected chi connectivity index (χ0v) is 29.9. The molecule has 2 amide bonds. The van der Waals surface area contributed by atoms with E-state index in [9.17, 15) is 9.59 Å². The fraction of sp³-hybridized carbons (Fsp3) is 0.714. The standard InChI is InChI=1S/C35H56N2O5S2/c1-8-14-18-25(12-5)23-41-28-22-27(40-7)30(42-24-26(13-6)19-15-9-2)32-31(28)43-35(44-32)29-33(38)36(20-16-10-3)37(34(29)39)21-17-11-4/h22,25-26H,8-21,23-24H2,1-7H3. The number of ether oxygens (including phenoxy) is 3. The van der Waals surface area contributed by atoms with Gasteiger partial charge in [0.25, 0.3) is 11.8 Å². The molecule has 0 bridgehead atoms. The minimum atomic E-state index is -0.199. The number of benzene rings is 1. The topological polar surface area (TPSA) is 68.3 Å². The van der Waals surface area contributed by atoms with Crippen LogP contribution < -0.4 is 14.2 Å². The fourth-order valence-electron chi connectivity index (χ4n) is 5.48. The molecule has 2 aliphatic rings. The molecule has 1 aromatic carbocycles. The summed E-state index contributed by atoms with van der Waals surface area (Å²) in [4.78, 5) is 29.4. The van der Waals surface area contributed by atoms with Crippen LogP contribution in [-0.2, 0) is 9.59 Å². The predicted octanol–water partition coefficient (Wildman–Crippen LogP) is 9.48. The second kappa shape index (κ2) is 18.8. The lowest BCUT2D eigenvalue weighted by Gasteiger charge is -2.27. The summed E-state index contributed by atoms with van der Waals surface area (Å²) in [6.07, 6.45) is 12.6. The molecule has 9 heteroatoms. The van der Waals surface area contributed by atoms with Gasteiger partial charge in [-0.25, -0.2) is 10.0 Å². The number of amides is 2. The first-order valence-electron chi connectivity index (χ1n) is 17.1. The van der Waals surface area contributed by atoms with Crippen molar-refractivity contribution in [3.8, 4) is 17.2 Å². The number of thioether (sulfide) groups is 2. The first kappa shape index (κ1) is 36.5. The van der Waals surface area contributed by atoms with Crippen LogP contribution in [0.15, 0.2) is 25.7 Å². The average Bonchev–Trinajstić information content (AvgIpc) is 3.57. The summed E-state index contributed by atoms with van der Waals surface area (Å²) < 4.78 is 19.7. The Morgan fingerprint density at radius 1 is 0.682 bits per heavy atom. The maximum absolute atomic E-state index is 13.8. The van der Waals surface area contributed by atoms with E-state index in [0.29, 0.717) is 53.9 Å². The second-order valence-corrected chi connectivity index (χ2v) is 14.2. The predicted molar refractivity (Wildman–Crippen MR) is 183 cm³/mol. The molecule has 7 nitrogen and oxygen atoms in total. The number of hydrogen-bond donors (Lipinski definition) is 0. The molecular weight excluding hydrogens is 593 g/mol. The summed E-state index contributed by atoms with van der Waals surface area (Å²) >= 11 is 2.93. The molecule has 44 heavy (non-hydrogen) atoms. The van der Waals surface area contributed by atoms with Crippen LogP contribution >= 0.6 is 23.5 Å². The van der Waals surface area contributed by atoms with Crippen LogP contribution in [0, 0.1) is 11.8 Å². The molecule has 1 aromatic rings. The summed E-state index contributed by atoms with van der Waals surface area (Å²) in [5.41, 5.74) is 0.267. The van der Waals surface area contributed by atoms with Gasteiger partial charge in [0.1, 0.15) is 11.3 Å². The largest absolute Gasteiger partial charge is 0.493 e. The Kier molecular flexibility index (Phi) is 15.6. The molecule has 248 valence electrons. The van der Waals surface area contributed by atoms with E-state index in [1.165, 1.54) is 42.8 Å². The monoisotopic (exact) mass is 648 g/mol. The molecule has 2 atom stereocenters. The van der Waals surface area contributed by atoms with E-state index < -0.39 is 0 Å². The second-order valence-electron chi connectivity index (χ2n) is 11.9. The van der Waals surface area contributed by atoms with Gasteiger partial charge in [0.05, 0.1) is 34.4 Å². The Morgan fingerprint density at radius 3 is 1.66 bits per heavy atom. The molecule has 2 heterocycles. The van der Waals surface area contributed by atoms with Crippen LogP contribution in [0.4, 0.5) is 0 Å². The number of hydrogen-bond acceptors (Lipinski definition) is 7. The van der Waals surface area contributed by atoms with Crippen molar-refractivity contribution in [2.45, 2.75) is 128 Å². The smallest absolute Gasteiger partial charge is 0.279 e. The maximum atomic E-state index is 13.8. The van der Waals surface area contributed by atoms with E-state index in [1.807, 2.05) is 6.07 Å². The van der Waals surface area contributed by atoms with Crippen LogP contribution in [0.25, 0.3) is 0 Å². The third-order valence-electron chi connectivity index (χ3n) is 8.60. The average molecular weight is 649 g/mol. The van der Waals surface area contributed by atoms with Gasteiger partial charge in [0, 0.05) is 19.2 Å². The van der Waals surface area contributed by atoms with Crippen LogP contribution in [0.3, 0.4) is 0 Å². The Bertz CT molecular complexity index is 1100. The normalized spacial score (nSPS) is 16.2. The van der Waals surface area contributed by atoms with E-state index >= 15 is 0 Å². The lowest BCUT2D eigenvalue weighted by atomic mass is 10.0. The van der Waals surface area contributed by atoms with Crippen molar-refractivity contribution in [2.24, 2.45) is 11.8 Å². The third-order valence-corrected chi connectivity index (χ3v) is 11.2. The van der Waals surface area contributed by atoms with E-state index in [2.05, 4.69) is 41.5 Å². The van der Waals surface area contributed by atoms with Gasteiger partial charge in [0.15, 0.2) is 11.5 Å².